The summed E-state index contributed by atoms with van der Waals surface area (Å²) >= 11 is 0. The first-order chi connectivity index (χ1) is 5.20. The van der Waals surface area contributed by atoms with E-state index >= 15 is 0 Å². The van der Waals surface area contributed by atoms with E-state index in [0.29, 0.717) is 12.8 Å². The van der Waals surface area contributed by atoms with Gasteiger partial charge < -0.3 is 15.5 Å². The van der Waals surface area contributed by atoms with Gasteiger partial charge in [0.25, 0.3) is 0 Å². The molecule has 0 aliphatic rings. The Morgan fingerprint density at radius 1 is 1.55 bits per heavy atom. The highest BCUT2D eigenvalue weighted by Gasteiger charge is 2.04. The van der Waals surface area contributed by atoms with Gasteiger partial charge in [0.1, 0.15) is 0 Å². The Kier molecular flexibility index (Phi) is 5.78. The lowest BCUT2D eigenvalue weighted by atomic mass is 10.3. The van der Waals surface area contributed by atoms with E-state index in [1.54, 1.807) is 6.92 Å². The van der Waals surface area contributed by atoms with E-state index in [2.05, 4.69) is 5.32 Å². The summed E-state index contributed by atoms with van der Waals surface area (Å²) in [6, 6.07) is -0.193. The fraction of sp³-hybridized carbons (Fsp3) is 0.857. The third-order valence-electron chi connectivity index (χ3n) is 1.24. The highest BCUT2D eigenvalue weighted by Crippen LogP contribution is 1.88. The van der Waals surface area contributed by atoms with Crippen LogP contribution in [0.4, 0.5) is 0 Å². The molecule has 66 valence electrons. The van der Waals surface area contributed by atoms with Crippen LogP contribution in [0.15, 0.2) is 0 Å². The lowest BCUT2D eigenvalue weighted by Gasteiger charge is -2.09. The summed E-state index contributed by atoms with van der Waals surface area (Å²) in [5.41, 5.74) is 0. The highest BCUT2D eigenvalue weighted by molar-refractivity contribution is 5.76. The Morgan fingerprint density at radius 2 is 2.18 bits per heavy atom. The van der Waals surface area contributed by atoms with Gasteiger partial charge in [-0.2, -0.15) is 0 Å². The minimum atomic E-state index is -0.193. The summed E-state index contributed by atoms with van der Waals surface area (Å²) in [7, 11) is 0. The van der Waals surface area contributed by atoms with Crippen molar-refractivity contribution in [3.8, 4) is 0 Å². The highest BCUT2D eigenvalue weighted by atomic mass is 16.3. The van der Waals surface area contributed by atoms with Crippen molar-refractivity contribution in [3.63, 3.8) is 0 Å². The molecule has 11 heavy (non-hydrogen) atoms. The van der Waals surface area contributed by atoms with Gasteiger partial charge >= 0.3 is 0 Å². The van der Waals surface area contributed by atoms with Gasteiger partial charge in [-0.3, -0.25) is 4.79 Å². The number of hydrogen-bond acceptors (Lipinski definition) is 3. The van der Waals surface area contributed by atoms with E-state index in [4.69, 9.17) is 10.2 Å². The lowest BCUT2D eigenvalue weighted by molar-refractivity contribution is -0.122. The van der Waals surface area contributed by atoms with Gasteiger partial charge in [0.15, 0.2) is 0 Å². The Balaban J connectivity index is 3.36. The van der Waals surface area contributed by atoms with Crippen molar-refractivity contribution in [2.75, 3.05) is 13.2 Å². The molecule has 1 amide bonds. The molecule has 0 heterocycles. The molecule has 0 aromatic carbocycles. The van der Waals surface area contributed by atoms with Gasteiger partial charge in [0.2, 0.25) is 5.91 Å². The third kappa shape index (κ3) is 5.82. The van der Waals surface area contributed by atoms with Crippen molar-refractivity contribution in [2.24, 2.45) is 0 Å². The second kappa shape index (κ2) is 6.12. The van der Waals surface area contributed by atoms with Crippen LogP contribution in [0.25, 0.3) is 0 Å². The molecule has 0 fully saturated rings. The average Bonchev–Trinajstić information content (AvgIpc) is 2.00. The molecule has 0 rings (SSSR count). The van der Waals surface area contributed by atoms with Crippen LogP contribution in [0.1, 0.15) is 19.8 Å². The van der Waals surface area contributed by atoms with Crippen LogP contribution >= 0.6 is 0 Å². The first-order valence-electron chi connectivity index (χ1n) is 3.71. The zero-order valence-corrected chi connectivity index (χ0v) is 6.71. The van der Waals surface area contributed by atoms with Crippen molar-refractivity contribution in [3.05, 3.63) is 0 Å². The second-order valence-electron chi connectivity index (χ2n) is 2.48. The molecule has 0 bridgehead atoms. The number of nitrogens with one attached hydrogen (secondary N) is 1. The molecule has 0 aromatic heterocycles. The van der Waals surface area contributed by atoms with E-state index in [1.165, 1.54) is 0 Å². The summed E-state index contributed by atoms with van der Waals surface area (Å²) in [6.45, 7) is 1.70. The van der Waals surface area contributed by atoms with Crippen LogP contribution in [0, 0.1) is 0 Å². The van der Waals surface area contributed by atoms with E-state index in [1.807, 2.05) is 0 Å². The number of carbonyl (C=O) groups is 1. The molecule has 3 N–H and O–H groups in total. The van der Waals surface area contributed by atoms with Crippen LogP contribution in [0.3, 0.4) is 0 Å². The number of aliphatic hydroxyl groups is 2. The van der Waals surface area contributed by atoms with E-state index < -0.39 is 0 Å². The fourth-order valence-corrected chi connectivity index (χ4v) is 0.632. The number of amides is 1. The molecule has 0 unspecified atom stereocenters. The number of hydrogen-bond donors (Lipinski definition) is 3. The molecule has 0 saturated heterocycles. The minimum absolute atomic E-state index is 0.0287. The predicted octanol–water partition coefficient (Wildman–Crippen LogP) is -0.744. The maximum atomic E-state index is 10.8. The number of rotatable bonds is 5. The Labute approximate surface area is 66.2 Å². The van der Waals surface area contributed by atoms with Gasteiger partial charge in [-0.25, -0.2) is 0 Å². The smallest absolute Gasteiger partial charge is 0.220 e. The van der Waals surface area contributed by atoms with Crippen LogP contribution in [-0.4, -0.2) is 35.4 Å². The van der Waals surface area contributed by atoms with Crippen molar-refractivity contribution in [2.45, 2.75) is 25.8 Å². The van der Waals surface area contributed by atoms with Crippen molar-refractivity contribution in [1.82, 2.24) is 5.32 Å². The molecule has 4 heteroatoms. The Bertz CT molecular complexity index is 116. The summed E-state index contributed by atoms with van der Waals surface area (Å²) in [4.78, 5) is 10.8. The van der Waals surface area contributed by atoms with E-state index in [-0.39, 0.29) is 25.2 Å². The molecular weight excluding hydrogens is 146 g/mol. The minimum Gasteiger partial charge on any atom is -0.396 e. The Morgan fingerprint density at radius 3 is 2.64 bits per heavy atom. The maximum absolute atomic E-state index is 10.8. The van der Waals surface area contributed by atoms with Crippen LogP contribution < -0.4 is 5.32 Å². The summed E-state index contributed by atoms with van der Waals surface area (Å²) in [6.07, 6.45) is 0.796. The standard InChI is InChI=1S/C7H15NO3/c1-6(5-10)8-7(11)3-2-4-9/h6,9-10H,2-5H2,1H3,(H,8,11)/t6-/m0/s1. The SMILES string of the molecule is C[C@@H](CO)NC(=O)CCCO. The van der Waals surface area contributed by atoms with Gasteiger partial charge in [0, 0.05) is 19.1 Å². The normalized spacial score (nSPS) is 12.6. The van der Waals surface area contributed by atoms with Gasteiger partial charge in [0.05, 0.1) is 6.61 Å². The third-order valence-corrected chi connectivity index (χ3v) is 1.24. The largest absolute Gasteiger partial charge is 0.396 e. The lowest BCUT2D eigenvalue weighted by Crippen LogP contribution is -2.34. The first kappa shape index (κ1) is 10.4. The zero-order valence-electron chi connectivity index (χ0n) is 6.71. The van der Waals surface area contributed by atoms with Crippen molar-refractivity contribution in [1.29, 1.82) is 0 Å². The van der Waals surface area contributed by atoms with Crippen LogP contribution in [-0.2, 0) is 4.79 Å². The Hall–Kier alpha value is -0.610. The monoisotopic (exact) mass is 161 g/mol. The topological polar surface area (TPSA) is 69.6 Å². The second-order valence-corrected chi connectivity index (χ2v) is 2.48. The zero-order chi connectivity index (χ0) is 8.69. The molecule has 0 aliphatic heterocycles. The average molecular weight is 161 g/mol. The maximum Gasteiger partial charge on any atom is 0.220 e. The van der Waals surface area contributed by atoms with Crippen molar-refractivity contribution < 1.29 is 15.0 Å². The predicted molar refractivity (Wildman–Crippen MR) is 41.0 cm³/mol. The quantitative estimate of drug-likeness (QED) is 0.497. The van der Waals surface area contributed by atoms with E-state index in [0.717, 1.165) is 0 Å². The summed E-state index contributed by atoms with van der Waals surface area (Å²) in [5, 5.41) is 19.5. The fourth-order valence-electron chi connectivity index (χ4n) is 0.632. The summed E-state index contributed by atoms with van der Waals surface area (Å²) < 4.78 is 0. The van der Waals surface area contributed by atoms with Crippen LogP contribution in [0.2, 0.25) is 0 Å². The first-order valence-corrected chi connectivity index (χ1v) is 3.71. The molecule has 1 atom stereocenters. The molecule has 0 saturated carbocycles. The van der Waals surface area contributed by atoms with Crippen molar-refractivity contribution >= 4 is 5.91 Å². The van der Waals surface area contributed by atoms with Gasteiger partial charge in [-0.15, -0.1) is 0 Å². The molecule has 4 nitrogen and oxygen atoms in total. The van der Waals surface area contributed by atoms with Crippen LogP contribution in [0.5, 0.6) is 0 Å². The van der Waals surface area contributed by atoms with Gasteiger partial charge in [-0.05, 0) is 13.3 Å². The molecule has 0 aromatic rings. The summed E-state index contributed by atoms with van der Waals surface area (Å²) in [5.74, 6) is -0.124. The van der Waals surface area contributed by atoms with E-state index in [9.17, 15) is 4.79 Å². The number of aliphatic hydroxyl groups excluding tert-OH is 2. The molecule has 0 aliphatic carbocycles. The van der Waals surface area contributed by atoms with Gasteiger partial charge in [-0.1, -0.05) is 0 Å². The number of carbonyl (C=O) groups excluding carboxylic acids is 1. The molecular formula is C7H15NO3. The molecule has 0 radical (unpaired) electrons. The molecule has 0 spiro atoms.